The van der Waals surface area contributed by atoms with Gasteiger partial charge in [0.25, 0.3) is 0 Å². The molecular weight excluding hydrogens is 182 g/mol. The Kier molecular flexibility index (Phi) is 3.42. The van der Waals surface area contributed by atoms with Gasteiger partial charge in [-0.15, -0.1) is 0 Å². The zero-order valence-corrected chi connectivity index (χ0v) is 9.58. The van der Waals surface area contributed by atoms with E-state index in [1.165, 1.54) is 36.8 Å². The van der Waals surface area contributed by atoms with Gasteiger partial charge < -0.3 is 5.73 Å². The average molecular weight is 203 g/mol. The van der Waals surface area contributed by atoms with E-state index in [-0.39, 0.29) is 0 Å². The highest BCUT2D eigenvalue weighted by Crippen LogP contribution is 2.39. The maximum atomic E-state index is 5.67. The van der Waals surface area contributed by atoms with E-state index in [0.717, 1.165) is 18.4 Å². The van der Waals surface area contributed by atoms with Crippen LogP contribution in [0.2, 0.25) is 0 Å². The smallest absolute Gasteiger partial charge is 0.00744 e. The minimum Gasteiger partial charge on any atom is -0.330 e. The van der Waals surface area contributed by atoms with Gasteiger partial charge in [0.1, 0.15) is 0 Å². The molecule has 1 aromatic carbocycles. The summed E-state index contributed by atoms with van der Waals surface area (Å²) in [6.45, 7) is 2.98. The van der Waals surface area contributed by atoms with Crippen LogP contribution >= 0.6 is 0 Å². The largest absolute Gasteiger partial charge is 0.330 e. The van der Waals surface area contributed by atoms with Gasteiger partial charge in [0, 0.05) is 0 Å². The zero-order chi connectivity index (χ0) is 10.7. The first-order chi connectivity index (χ1) is 7.29. The summed E-state index contributed by atoms with van der Waals surface area (Å²) in [6, 6.07) is 8.95. The predicted octanol–water partition coefficient (Wildman–Crippen LogP) is 2.91. The van der Waals surface area contributed by atoms with Crippen LogP contribution in [0.5, 0.6) is 0 Å². The third-order valence-corrected chi connectivity index (χ3v) is 3.44. The first kappa shape index (κ1) is 10.7. The van der Waals surface area contributed by atoms with Gasteiger partial charge in [0.2, 0.25) is 0 Å². The summed E-state index contributed by atoms with van der Waals surface area (Å²) in [6.07, 6.45) is 5.27. The number of rotatable bonds is 5. The van der Waals surface area contributed by atoms with E-state index in [1.807, 2.05) is 0 Å². The minimum atomic E-state index is 0.831. The second-order valence-electron chi connectivity index (χ2n) is 4.86. The third-order valence-electron chi connectivity index (χ3n) is 3.44. The quantitative estimate of drug-likeness (QED) is 0.782. The first-order valence-corrected chi connectivity index (χ1v) is 6.05. The maximum Gasteiger partial charge on any atom is -0.00744 e. The fraction of sp³-hybridized carbons (Fsp3) is 0.571. The molecule has 1 heteroatoms. The van der Waals surface area contributed by atoms with Crippen molar-refractivity contribution < 1.29 is 0 Å². The van der Waals surface area contributed by atoms with Gasteiger partial charge in [-0.05, 0) is 56.6 Å². The molecule has 0 bridgehead atoms. The fourth-order valence-electron chi connectivity index (χ4n) is 2.31. The molecule has 0 aromatic heterocycles. The summed E-state index contributed by atoms with van der Waals surface area (Å²) in [5, 5.41) is 0. The Hall–Kier alpha value is -0.820. The lowest BCUT2D eigenvalue weighted by atomic mass is 9.91. The van der Waals surface area contributed by atoms with Crippen molar-refractivity contribution in [1.29, 1.82) is 0 Å². The molecule has 0 aliphatic heterocycles. The fourth-order valence-corrected chi connectivity index (χ4v) is 2.31. The molecule has 0 spiro atoms. The van der Waals surface area contributed by atoms with Crippen LogP contribution in [0.1, 0.15) is 30.4 Å². The molecule has 82 valence electrons. The molecule has 1 fully saturated rings. The summed E-state index contributed by atoms with van der Waals surface area (Å²) in [5.41, 5.74) is 8.50. The van der Waals surface area contributed by atoms with Crippen LogP contribution in [-0.2, 0) is 6.42 Å². The molecule has 1 aromatic rings. The summed E-state index contributed by atoms with van der Waals surface area (Å²) in [4.78, 5) is 0. The minimum absolute atomic E-state index is 0.831. The normalized spacial score (nSPS) is 17.7. The molecule has 1 aliphatic carbocycles. The van der Waals surface area contributed by atoms with Crippen molar-refractivity contribution in [2.45, 2.75) is 32.6 Å². The number of aryl methyl sites for hydroxylation is 1. The van der Waals surface area contributed by atoms with Crippen LogP contribution in [-0.4, -0.2) is 6.54 Å². The molecular formula is C14H21N. The van der Waals surface area contributed by atoms with Gasteiger partial charge in [0.15, 0.2) is 0 Å². The molecule has 1 saturated carbocycles. The lowest BCUT2D eigenvalue weighted by Crippen LogP contribution is -2.13. The van der Waals surface area contributed by atoms with Crippen molar-refractivity contribution in [3.63, 3.8) is 0 Å². The monoisotopic (exact) mass is 203 g/mol. The van der Waals surface area contributed by atoms with Crippen LogP contribution in [0, 0.1) is 18.8 Å². The molecule has 1 aliphatic rings. The second kappa shape index (κ2) is 4.80. The molecule has 1 nitrogen and oxygen atoms in total. The van der Waals surface area contributed by atoms with Gasteiger partial charge in [0.05, 0.1) is 0 Å². The molecule has 0 radical (unpaired) electrons. The van der Waals surface area contributed by atoms with E-state index in [4.69, 9.17) is 5.73 Å². The Labute approximate surface area is 92.7 Å². The lowest BCUT2D eigenvalue weighted by Gasteiger charge is -2.15. The van der Waals surface area contributed by atoms with Gasteiger partial charge in [-0.3, -0.25) is 0 Å². The van der Waals surface area contributed by atoms with Crippen LogP contribution < -0.4 is 5.73 Å². The van der Waals surface area contributed by atoms with Crippen LogP contribution in [0.4, 0.5) is 0 Å². The standard InChI is InChI=1S/C14H21N/c1-11-2-4-12(5-3-11)10-14(8-9-15)13-6-7-13/h2-5,13-14H,6-10,15H2,1H3. The Morgan fingerprint density at radius 1 is 1.27 bits per heavy atom. The Balaban J connectivity index is 1.95. The Morgan fingerprint density at radius 3 is 2.47 bits per heavy atom. The lowest BCUT2D eigenvalue weighted by molar-refractivity contribution is 0.432. The number of nitrogens with two attached hydrogens (primary N) is 1. The van der Waals surface area contributed by atoms with E-state index in [9.17, 15) is 0 Å². The molecule has 1 atom stereocenters. The van der Waals surface area contributed by atoms with Crippen molar-refractivity contribution in [2.24, 2.45) is 17.6 Å². The van der Waals surface area contributed by atoms with Crippen LogP contribution in [0.3, 0.4) is 0 Å². The van der Waals surface area contributed by atoms with Crippen molar-refractivity contribution in [3.05, 3.63) is 35.4 Å². The highest BCUT2D eigenvalue weighted by Gasteiger charge is 2.30. The summed E-state index contributed by atoms with van der Waals surface area (Å²) >= 11 is 0. The molecule has 0 amide bonds. The van der Waals surface area contributed by atoms with E-state index >= 15 is 0 Å². The molecule has 2 rings (SSSR count). The zero-order valence-electron chi connectivity index (χ0n) is 9.58. The molecule has 15 heavy (non-hydrogen) atoms. The second-order valence-corrected chi connectivity index (χ2v) is 4.86. The number of hydrogen-bond donors (Lipinski definition) is 1. The summed E-state index contributed by atoms with van der Waals surface area (Å²) in [7, 11) is 0. The van der Waals surface area contributed by atoms with Gasteiger partial charge >= 0.3 is 0 Å². The highest BCUT2D eigenvalue weighted by atomic mass is 14.5. The van der Waals surface area contributed by atoms with Gasteiger partial charge in [-0.2, -0.15) is 0 Å². The number of hydrogen-bond acceptors (Lipinski definition) is 1. The third kappa shape index (κ3) is 3.07. The van der Waals surface area contributed by atoms with Crippen molar-refractivity contribution in [3.8, 4) is 0 Å². The maximum absolute atomic E-state index is 5.67. The van der Waals surface area contributed by atoms with Gasteiger partial charge in [-0.1, -0.05) is 29.8 Å². The molecule has 0 saturated heterocycles. The number of benzene rings is 1. The van der Waals surface area contributed by atoms with E-state index in [1.54, 1.807) is 0 Å². The SMILES string of the molecule is Cc1ccc(CC(CCN)C2CC2)cc1. The van der Waals surface area contributed by atoms with Crippen LogP contribution in [0.25, 0.3) is 0 Å². The molecule has 1 unspecified atom stereocenters. The van der Waals surface area contributed by atoms with Crippen molar-refractivity contribution in [1.82, 2.24) is 0 Å². The summed E-state index contributed by atoms with van der Waals surface area (Å²) in [5.74, 6) is 1.80. The highest BCUT2D eigenvalue weighted by molar-refractivity contribution is 5.21. The van der Waals surface area contributed by atoms with Crippen LogP contribution in [0.15, 0.2) is 24.3 Å². The van der Waals surface area contributed by atoms with E-state index in [0.29, 0.717) is 0 Å². The van der Waals surface area contributed by atoms with Gasteiger partial charge in [-0.25, -0.2) is 0 Å². The Morgan fingerprint density at radius 2 is 1.93 bits per heavy atom. The molecule has 0 heterocycles. The summed E-state index contributed by atoms with van der Waals surface area (Å²) < 4.78 is 0. The van der Waals surface area contributed by atoms with Crippen molar-refractivity contribution in [2.75, 3.05) is 6.54 Å². The predicted molar refractivity (Wildman–Crippen MR) is 64.8 cm³/mol. The van der Waals surface area contributed by atoms with Crippen molar-refractivity contribution >= 4 is 0 Å². The Bertz CT molecular complexity index is 298. The van der Waals surface area contributed by atoms with E-state index in [2.05, 4.69) is 31.2 Å². The average Bonchev–Trinajstić information content (AvgIpc) is 3.04. The van der Waals surface area contributed by atoms with E-state index < -0.39 is 0 Å². The molecule has 2 N–H and O–H groups in total. The topological polar surface area (TPSA) is 26.0 Å². The first-order valence-electron chi connectivity index (χ1n) is 6.05.